The molecular formula is C50H51F3N2O6SSi. The van der Waals surface area contributed by atoms with E-state index in [0.29, 0.717) is 22.7 Å². The van der Waals surface area contributed by atoms with Gasteiger partial charge in [-0.2, -0.15) is 13.2 Å². The standard InChI is InChI=1S/C22H19NO3S.C18H16F3NO2.C10H16OSi/c1-18(17-27(25,26)21-15-9-4-10-16-21)22(24)23(19-11-5-2-6-12-19)20-13-7-3-8-14-20;1-13(12-16(23)18(19,20)21)17(24)22(14-8-4-2-5-9-14)15-10-6-3-7-11-15;1-9(11)12(2,3)10-7-5-4-6-8-10/h2-16H,1,17H2;2-11,16,23H,1,12H2;4-9,11H,1-3H3. The number of carbonyl (C=O) groups excluding carboxylic acids is 2. The van der Waals surface area contributed by atoms with E-state index in [1.807, 2.05) is 61.5 Å². The molecule has 6 rings (SSSR count). The van der Waals surface area contributed by atoms with Gasteiger partial charge in [0.1, 0.15) is 8.07 Å². The van der Waals surface area contributed by atoms with Crippen LogP contribution < -0.4 is 15.0 Å². The molecule has 0 bridgehead atoms. The van der Waals surface area contributed by atoms with Crippen LogP contribution in [0, 0.1) is 0 Å². The van der Waals surface area contributed by atoms with E-state index in [2.05, 4.69) is 38.4 Å². The van der Waals surface area contributed by atoms with Gasteiger partial charge in [-0.15, -0.1) is 0 Å². The molecule has 2 atom stereocenters. The van der Waals surface area contributed by atoms with E-state index in [9.17, 15) is 41.4 Å². The van der Waals surface area contributed by atoms with Gasteiger partial charge >= 0.3 is 6.18 Å². The average Bonchev–Trinajstić information content (AvgIpc) is 3.28. The summed E-state index contributed by atoms with van der Waals surface area (Å²) in [6.07, 6.45) is -8.30. The SMILES string of the molecule is C=C(CC(O)C(F)(F)F)C(=O)N(c1ccccc1)c1ccccc1.C=C(CS(=O)(=O)c1ccccc1)C(=O)N(c1ccccc1)c1ccccc1.CC(O)[Si](C)(C)c1ccccc1. The Bertz CT molecular complexity index is 2420. The largest absolute Gasteiger partial charge is 0.414 e. The van der Waals surface area contributed by atoms with Gasteiger partial charge in [0, 0.05) is 46.0 Å². The lowest BCUT2D eigenvalue weighted by atomic mass is 10.1. The minimum Gasteiger partial charge on any atom is -0.396 e. The molecular weight excluding hydrogens is 842 g/mol. The Hall–Kier alpha value is -6.38. The first kappa shape index (κ1) is 49.3. The van der Waals surface area contributed by atoms with Crippen LogP contribution in [0.15, 0.2) is 211 Å². The summed E-state index contributed by atoms with van der Waals surface area (Å²) >= 11 is 0. The van der Waals surface area contributed by atoms with Crippen molar-refractivity contribution >= 4 is 57.7 Å². The van der Waals surface area contributed by atoms with Crippen LogP contribution in [0.4, 0.5) is 35.9 Å². The van der Waals surface area contributed by atoms with Gasteiger partial charge < -0.3 is 10.2 Å². The number of rotatable bonds is 13. The van der Waals surface area contributed by atoms with Crippen LogP contribution in [0.5, 0.6) is 0 Å². The van der Waals surface area contributed by atoms with Crippen LogP contribution >= 0.6 is 0 Å². The minimum absolute atomic E-state index is 0.00607. The summed E-state index contributed by atoms with van der Waals surface area (Å²) in [5.41, 5.74) is 1.78. The van der Waals surface area contributed by atoms with Gasteiger partial charge in [-0.3, -0.25) is 19.4 Å². The Morgan fingerprint density at radius 1 is 0.571 bits per heavy atom. The number of alkyl halides is 3. The molecule has 0 radical (unpaired) electrons. The minimum atomic E-state index is -4.80. The third-order valence-corrected chi connectivity index (χ3v) is 15.5. The molecule has 0 aliphatic rings. The predicted octanol–water partition coefficient (Wildman–Crippen LogP) is 10.1. The number of sulfone groups is 1. The summed E-state index contributed by atoms with van der Waals surface area (Å²) in [5, 5.41) is 20.1. The Kier molecular flexibility index (Phi) is 17.7. The summed E-state index contributed by atoms with van der Waals surface area (Å²) in [6.45, 7) is 13.5. The number of aliphatic hydroxyl groups is 2. The molecule has 0 spiro atoms. The second-order valence-electron chi connectivity index (χ2n) is 14.9. The van der Waals surface area contributed by atoms with Crippen molar-refractivity contribution < 1.29 is 41.4 Å². The molecule has 0 fully saturated rings. The Labute approximate surface area is 368 Å². The molecule has 63 heavy (non-hydrogen) atoms. The van der Waals surface area contributed by atoms with Crippen molar-refractivity contribution in [2.75, 3.05) is 15.6 Å². The van der Waals surface area contributed by atoms with E-state index < -0.39 is 54.2 Å². The molecule has 0 aliphatic carbocycles. The lowest BCUT2D eigenvalue weighted by molar-refractivity contribution is -0.203. The maximum Gasteiger partial charge on any atom is 0.414 e. The highest BCUT2D eigenvalue weighted by Crippen LogP contribution is 2.31. The van der Waals surface area contributed by atoms with Crippen LogP contribution in [0.25, 0.3) is 0 Å². The van der Waals surface area contributed by atoms with E-state index in [1.54, 1.807) is 103 Å². The molecule has 6 aromatic rings. The number of para-hydroxylation sites is 4. The molecule has 2 N–H and O–H groups in total. The van der Waals surface area contributed by atoms with Gasteiger partial charge in [-0.05, 0) is 67.6 Å². The zero-order valence-electron chi connectivity index (χ0n) is 35.3. The van der Waals surface area contributed by atoms with E-state index >= 15 is 0 Å². The number of benzene rings is 6. The van der Waals surface area contributed by atoms with Crippen molar-refractivity contribution in [2.24, 2.45) is 0 Å². The van der Waals surface area contributed by atoms with Crippen molar-refractivity contribution in [3.63, 3.8) is 0 Å². The van der Waals surface area contributed by atoms with E-state index in [-0.39, 0.29) is 21.8 Å². The second kappa shape index (κ2) is 22.6. The molecule has 0 saturated heterocycles. The Balaban J connectivity index is 0.000000222. The van der Waals surface area contributed by atoms with E-state index in [0.717, 1.165) is 0 Å². The second-order valence-corrected chi connectivity index (χ2v) is 21.8. The van der Waals surface area contributed by atoms with Crippen molar-refractivity contribution in [3.05, 3.63) is 206 Å². The Morgan fingerprint density at radius 2 is 0.873 bits per heavy atom. The van der Waals surface area contributed by atoms with Crippen LogP contribution in [-0.4, -0.2) is 62.3 Å². The lowest BCUT2D eigenvalue weighted by Gasteiger charge is -2.25. The highest BCUT2D eigenvalue weighted by molar-refractivity contribution is 7.91. The predicted molar refractivity (Wildman–Crippen MR) is 249 cm³/mol. The molecule has 328 valence electrons. The van der Waals surface area contributed by atoms with Gasteiger partial charge in [0.05, 0.1) is 10.6 Å². The number of halogens is 3. The van der Waals surface area contributed by atoms with Crippen LogP contribution in [0.2, 0.25) is 13.1 Å². The van der Waals surface area contributed by atoms with Crippen LogP contribution in [-0.2, 0) is 19.4 Å². The molecule has 0 aromatic heterocycles. The summed E-state index contributed by atoms with van der Waals surface area (Å²) in [4.78, 5) is 28.7. The first-order valence-corrected chi connectivity index (χ1v) is 24.6. The quantitative estimate of drug-likeness (QED) is 0.0882. The zero-order valence-corrected chi connectivity index (χ0v) is 37.1. The number of hydrogen-bond acceptors (Lipinski definition) is 6. The maximum atomic E-state index is 13.1. The first-order valence-electron chi connectivity index (χ1n) is 19.9. The smallest absolute Gasteiger partial charge is 0.396 e. The van der Waals surface area contributed by atoms with Crippen LogP contribution in [0.1, 0.15) is 13.3 Å². The number of aliphatic hydroxyl groups excluding tert-OH is 2. The van der Waals surface area contributed by atoms with Crippen molar-refractivity contribution in [1.82, 2.24) is 0 Å². The first-order chi connectivity index (χ1) is 29.8. The van der Waals surface area contributed by atoms with E-state index in [1.165, 1.54) is 27.1 Å². The number of amides is 2. The third-order valence-electron chi connectivity index (χ3n) is 9.92. The fraction of sp³-hybridized carbons (Fsp3) is 0.160. The molecule has 0 aliphatic heterocycles. The normalized spacial score (nSPS) is 12.2. The highest BCUT2D eigenvalue weighted by atomic mass is 32.2. The van der Waals surface area contributed by atoms with Crippen LogP contribution in [0.3, 0.4) is 0 Å². The van der Waals surface area contributed by atoms with Gasteiger partial charge in [-0.1, -0.05) is 153 Å². The molecule has 0 heterocycles. The Morgan fingerprint density at radius 3 is 1.19 bits per heavy atom. The highest BCUT2D eigenvalue weighted by Gasteiger charge is 2.39. The zero-order chi connectivity index (χ0) is 46.2. The molecule has 13 heteroatoms. The van der Waals surface area contributed by atoms with Crippen molar-refractivity contribution in [3.8, 4) is 0 Å². The van der Waals surface area contributed by atoms with Gasteiger partial charge in [0.25, 0.3) is 11.8 Å². The number of hydrogen-bond donors (Lipinski definition) is 2. The molecule has 8 nitrogen and oxygen atoms in total. The van der Waals surface area contributed by atoms with Gasteiger partial charge in [-0.25, -0.2) is 8.42 Å². The number of carbonyl (C=O) groups is 2. The summed E-state index contributed by atoms with van der Waals surface area (Å²) in [6, 6.07) is 53.6. The monoisotopic (exact) mass is 892 g/mol. The third kappa shape index (κ3) is 14.1. The lowest BCUT2D eigenvalue weighted by Crippen LogP contribution is -2.51. The number of anilines is 4. The van der Waals surface area contributed by atoms with Gasteiger partial charge in [0.2, 0.25) is 0 Å². The number of nitrogens with zero attached hydrogens (tertiary/aromatic N) is 2. The maximum absolute atomic E-state index is 13.1. The molecule has 6 aromatic carbocycles. The average molecular weight is 893 g/mol. The van der Waals surface area contributed by atoms with E-state index in [4.69, 9.17) is 0 Å². The summed E-state index contributed by atoms with van der Waals surface area (Å²) in [7, 11) is -5.25. The molecule has 0 saturated carbocycles. The summed E-state index contributed by atoms with van der Waals surface area (Å²) < 4.78 is 62.7. The molecule has 2 unspecified atom stereocenters. The van der Waals surface area contributed by atoms with Crippen molar-refractivity contribution in [2.45, 2.75) is 49.3 Å². The molecule has 2 amide bonds. The fourth-order valence-electron chi connectivity index (χ4n) is 5.94. The summed E-state index contributed by atoms with van der Waals surface area (Å²) in [5.74, 6) is -1.59. The fourth-order valence-corrected chi connectivity index (χ4v) is 8.79. The topological polar surface area (TPSA) is 115 Å². The van der Waals surface area contributed by atoms with Crippen molar-refractivity contribution in [1.29, 1.82) is 0 Å². The van der Waals surface area contributed by atoms with Gasteiger partial charge in [0.15, 0.2) is 15.9 Å².